The van der Waals surface area contributed by atoms with E-state index in [4.69, 9.17) is 14.5 Å². The first-order valence-electron chi connectivity index (χ1n) is 15.2. The largest absolute Gasteiger partial charge is 0.488 e. The summed E-state index contributed by atoms with van der Waals surface area (Å²) in [7, 11) is 0. The van der Waals surface area contributed by atoms with E-state index < -0.39 is 12.0 Å². The van der Waals surface area contributed by atoms with Crippen LogP contribution in [0.1, 0.15) is 60.5 Å². The highest BCUT2D eigenvalue weighted by Crippen LogP contribution is 2.35. The van der Waals surface area contributed by atoms with Crippen LogP contribution in [0.15, 0.2) is 118 Å². The summed E-state index contributed by atoms with van der Waals surface area (Å²) in [6, 6.07) is 30.5. The summed E-state index contributed by atoms with van der Waals surface area (Å²) in [6.45, 7) is 6.21. The summed E-state index contributed by atoms with van der Waals surface area (Å²) in [6.07, 6.45) is 1.76. The molecule has 0 bridgehead atoms. The molecule has 0 unspecified atom stereocenters. The highest BCUT2D eigenvalue weighted by Gasteiger charge is 2.35. The minimum Gasteiger partial charge on any atom is -0.488 e. The Morgan fingerprint density at radius 3 is 2.37 bits per heavy atom. The fourth-order valence-electron chi connectivity index (χ4n) is 5.46. The first-order chi connectivity index (χ1) is 22.4. The molecule has 0 amide bonds. The number of benzene rings is 4. The van der Waals surface area contributed by atoms with Gasteiger partial charge in [-0.25, -0.2) is 14.2 Å². The molecule has 5 aromatic rings. The van der Waals surface area contributed by atoms with Gasteiger partial charge in [-0.3, -0.25) is 9.36 Å². The van der Waals surface area contributed by atoms with Crippen molar-refractivity contribution in [3.05, 3.63) is 162 Å². The molecule has 0 aliphatic carbocycles. The number of carbonyl (C=O) groups excluding carboxylic acids is 1. The number of halogens is 1. The molecule has 46 heavy (non-hydrogen) atoms. The minimum absolute atomic E-state index is 0.0362. The highest BCUT2D eigenvalue weighted by molar-refractivity contribution is 7.07. The van der Waals surface area contributed by atoms with Crippen LogP contribution in [0.4, 0.5) is 4.39 Å². The molecule has 232 valence electrons. The van der Waals surface area contributed by atoms with Gasteiger partial charge in [-0.05, 0) is 42.2 Å². The van der Waals surface area contributed by atoms with Crippen molar-refractivity contribution in [2.75, 3.05) is 6.61 Å². The first-order valence-corrected chi connectivity index (χ1v) is 16.0. The van der Waals surface area contributed by atoms with Gasteiger partial charge in [0.25, 0.3) is 5.56 Å². The zero-order chi connectivity index (χ0) is 32.2. The molecular formula is C38H33FN2O4S. The molecule has 1 aromatic heterocycles. The van der Waals surface area contributed by atoms with Gasteiger partial charge in [-0.2, -0.15) is 0 Å². The number of fused-ring (bicyclic) bond motifs is 1. The Kier molecular flexibility index (Phi) is 9.08. The van der Waals surface area contributed by atoms with Crippen LogP contribution in [0, 0.1) is 5.82 Å². The number of aromatic nitrogens is 1. The van der Waals surface area contributed by atoms with Gasteiger partial charge in [0, 0.05) is 16.7 Å². The molecule has 4 aromatic carbocycles. The Morgan fingerprint density at radius 1 is 0.957 bits per heavy atom. The van der Waals surface area contributed by atoms with E-state index in [2.05, 4.69) is 13.8 Å². The van der Waals surface area contributed by atoms with Crippen molar-refractivity contribution in [3.8, 4) is 5.75 Å². The second kappa shape index (κ2) is 13.5. The van der Waals surface area contributed by atoms with Gasteiger partial charge in [0.05, 0.1) is 28.5 Å². The predicted molar refractivity (Wildman–Crippen MR) is 179 cm³/mol. The quantitative estimate of drug-likeness (QED) is 0.168. The highest BCUT2D eigenvalue weighted by atomic mass is 32.1. The van der Waals surface area contributed by atoms with Crippen LogP contribution in [-0.4, -0.2) is 17.1 Å². The molecule has 1 aliphatic heterocycles. The number of esters is 1. The van der Waals surface area contributed by atoms with Gasteiger partial charge in [0.2, 0.25) is 0 Å². The molecule has 0 saturated carbocycles. The second-order valence-corrected chi connectivity index (χ2v) is 12.2. The van der Waals surface area contributed by atoms with Gasteiger partial charge in [-0.1, -0.05) is 116 Å². The number of thiazole rings is 1. The first kappa shape index (κ1) is 30.9. The number of para-hydroxylation sites is 1. The van der Waals surface area contributed by atoms with Gasteiger partial charge < -0.3 is 9.47 Å². The van der Waals surface area contributed by atoms with E-state index in [1.165, 1.54) is 17.4 Å². The summed E-state index contributed by atoms with van der Waals surface area (Å²) in [5, 5.41) is 0. The van der Waals surface area contributed by atoms with Crippen LogP contribution in [0.2, 0.25) is 0 Å². The lowest BCUT2D eigenvalue weighted by atomic mass is 9.91. The summed E-state index contributed by atoms with van der Waals surface area (Å²) in [5.41, 5.74) is 4.25. The van der Waals surface area contributed by atoms with E-state index in [1.54, 1.807) is 41.8 Å². The lowest BCUT2D eigenvalue weighted by Gasteiger charge is -2.26. The molecule has 6 nitrogen and oxygen atoms in total. The summed E-state index contributed by atoms with van der Waals surface area (Å²) in [5.74, 6) is -0.0446. The molecule has 0 radical (unpaired) electrons. The van der Waals surface area contributed by atoms with Crippen LogP contribution in [0.5, 0.6) is 5.75 Å². The summed E-state index contributed by atoms with van der Waals surface area (Å²) >= 11 is 1.24. The molecule has 8 heteroatoms. The smallest absolute Gasteiger partial charge is 0.338 e. The van der Waals surface area contributed by atoms with Crippen molar-refractivity contribution < 1.29 is 18.7 Å². The van der Waals surface area contributed by atoms with Crippen molar-refractivity contribution in [1.29, 1.82) is 0 Å². The van der Waals surface area contributed by atoms with Crippen LogP contribution in [0.3, 0.4) is 0 Å². The number of rotatable bonds is 9. The lowest BCUT2D eigenvalue weighted by Crippen LogP contribution is -2.40. The molecule has 1 atom stereocenters. The van der Waals surface area contributed by atoms with Crippen LogP contribution in [-0.2, 0) is 16.1 Å². The van der Waals surface area contributed by atoms with E-state index in [-0.39, 0.29) is 24.6 Å². The van der Waals surface area contributed by atoms with Crippen LogP contribution < -0.4 is 19.6 Å². The Bertz CT molecular complexity index is 2100. The van der Waals surface area contributed by atoms with Crippen LogP contribution >= 0.6 is 11.3 Å². The Balaban J connectivity index is 1.53. The predicted octanol–water partition coefficient (Wildman–Crippen LogP) is 6.78. The molecule has 0 spiro atoms. The Hall–Kier alpha value is -5.08. The summed E-state index contributed by atoms with van der Waals surface area (Å²) < 4.78 is 27.9. The molecule has 0 fully saturated rings. The average molecular weight is 633 g/mol. The standard InChI is InChI=1S/C38H33FN2O4S/c1-4-44-37(43)33-34(26-12-6-5-7-13-26)40-38-41(35(33)27-20-18-25(19-21-27)24(2)3)36(42)32(46-38)22-28-14-9-11-17-31(28)45-23-29-15-8-10-16-30(29)39/h5-22,24,35H,4,23H2,1-3H3/b32-22-/t35-/m0/s1. The number of hydrogen-bond acceptors (Lipinski definition) is 6. The Labute approximate surface area is 270 Å². The number of nitrogens with zero attached hydrogens (tertiary/aromatic N) is 2. The topological polar surface area (TPSA) is 69.9 Å². The summed E-state index contributed by atoms with van der Waals surface area (Å²) in [4.78, 5) is 33.4. The molecule has 2 heterocycles. The van der Waals surface area contributed by atoms with Crippen molar-refractivity contribution in [1.82, 2.24) is 4.57 Å². The molecule has 0 N–H and O–H groups in total. The van der Waals surface area contributed by atoms with Crippen molar-refractivity contribution in [2.45, 2.75) is 39.3 Å². The zero-order valence-electron chi connectivity index (χ0n) is 25.8. The zero-order valence-corrected chi connectivity index (χ0v) is 26.6. The SMILES string of the molecule is CCOC(=O)C1=C(c2ccccc2)N=c2s/c(=C\c3ccccc3OCc3ccccc3F)c(=O)n2[C@H]1c1ccc(C(C)C)cc1. The Morgan fingerprint density at radius 2 is 1.65 bits per heavy atom. The third kappa shape index (κ3) is 6.21. The maximum Gasteiger partial charge on any atom is 0.338 e. The van der Waals surface area contributed by atoms with Gasteiger partial charge in [0.1, 0.15) is 18.2 Å². The monoisotopic (exact) mass is 632 g/mol. The van der Waals surface area contributed by atoms with E-state index in [0.717, 1.165) is 16.7 Å². The number of carbonyl (C=O) groups is 1. The number of hydrogen-bond donors (Lipinski definition) is 0. The number of ether oxygens (including phenoxy) is 2. The third-order valence-corrected chi connectivity index (χ3v) is 8.82. The van der Waals surface area contributed by atoms with E-state index in [1.807, 2.05) is 72.8 Å². The van der Waals surface area contributed by atoms with Crippen molar-refractivity contribution in [2.24, 2.45) is 4.99 Å². The van der Waals surface area contributed by atoms with Crippen molar-refractivity contribution >= 4 is 29.1 Å². The normalized spacial score (nSPS) is 14.6. The fourth-order valence-corrected chi connectivity index (χ4v) is 6.45. The maximum atomic E-state index is 14.3. The van der Waals surface area contributed by atoms with E-state index >= 15 is 0 Å². The second-order valence-electron chi connectivity index (χ2n) is 11.2. The van der Waals surface area contributed by atoms with Gasteiger partial charge in [-0.15, -0.1) is 0 Å². The fraction of sp³-hybridized carbons (Fsp3) is 0.184. The molecule has 0 saturated heterocycles. The van der Waals surface area contributed by atoms with Crippen molar-refractivity contribution in [3.63, 3.8) is 0 Å². The average Bonchev–Trinajstić information content (AvgIpc) is 3.38. The van der Waals surface area contributed by atoms with E-state index in [0.29, 0.717) is 43.4 Å². The minimum atomic E-state index is -0.763. The lowest BCUT2D eigenvalue weighted by molar-refractivity contribution is -0.138. The molecule has 6 rings (SSSR count). The molecule has 1 aliphatic rings. The van der Waals surface area contributed by atoms with Gasteiger partial charge in [0.15, 0.2) is 4.80 Å². The van der Waals surface area contributed by atoms with E-state index in [9.17, 15) is 14.0 Å². The van der Waals surface area contributed by atoms with Crippen LogP contribution in [0.25, 0.3) is 11.8 Å². The van der Waals surface area contributed by atoms with Gasteiger partial charge >= 0.3 is 5.97 Å². The molecular weight excluding hydrogens is 599 g/mol. The maximum absolute atomic E-state index is 14.3. The third-order valence-electron chi connectivity index (χ3n) is 7.84.